The van der Waals surface area contributed by atoms with Crippen LogP contribution in [0.1, 0.15) is 48.6 Å². The van der Waals surface area contributed by atoms with Gasteiger partial charge in [-0.3, -0.25) is 9.59 Å². The zero-order valence-electron chi connectivity index (χ0n) is 22.9. The van der Waals surface area contributed by atoms with Gasteiger partial charge in [0.15, 0.2) is 23.0 Å². The number of likely N-dealkylation sites (tertiary alicyclic amines) is 2. The summed E-state index contributed by atoms with van der Waals surface area (Å²) in [4.78, 5) is 32.6. The highest BCUT2D eigenvalue weighted by molar-refractivity contribution is 5.91. The fourth-order valence-electron chi connectivity index (χ4n) is 7.19. The van der Waals surface area contributed by atoms with Gasteiger partial charge in [0.25, 0.3) is 0 Å². The van der Waals surface area contributed by atoms with Crippen LogP contribution in [-0.2, 0) is 9.59 Å². The van der Waals surface area contributed by atoms with Gasteiger partial charge < -0.3 is 38.2 Å². The number of amides is 2. The topological polar surface area (TPSA) is 96.0 Å². The van der Waals surface area contributed by atoms with Crippen LogP contribution < -0.4 is 28.4 Å². The van der Waals surface area contributed by atoms with Crippen molar-refractivity contribution < 1.29 is 38.0 Å². The fraction of sp³-hybridized carbons (Fsp3) is 0.533. The molecule has 0 spiro atoms. The summed E-state index contributed by atoms with van der Waals surface area (Å²) in [6.45, 7) is 3.12. The Morgan fingerprint density at radius 3 is 1.32 bits per heavy atom. The number of carbonyl (C=O) groups excluding carboxylic acids is 2. The largest absolute Gasteiger partial charge is 0.496 e. The summed E-state index contributed by atoms with van der Waals surface area (Å²) in [5.74, 6) is 1.84. The Morgan fingerprint density at radius 1 is 0.625 bits per heavy atom. The summed E-state index contributed by atoms with van der Waals surface area (Å²) >= 11 is 0. The van der Waals surface area contributed by atoms with Crippen molar-refractivity contribution in [1.29, 1.82) is 0 Å². The number of fused-ring (bicyclic) bond motifs is 2. The van der Waals surface area contributed by atoms with E-state index in [1.807, 2.05) is 21.9 Å². The van der Waals surface area contributed by atoms with Gasteiger partial charge in [-0.2, -0.15) is 0 Å². The molecule has 40 heavy (non-hydrogen) atoms. The van der Waals surface area contributed by atoms with Crippen LogP contribution in [0.15, 0.2) is 24.3 Å². The third kappa shape index (κ3) is 3.90. The lowest BCUT2D eigenvalue weighted by Crippen LogP contribution is -2.57. The number of hydrogen-bond acceptors (Lipinski definition) is 8. The van der Waals surface area contributed by atoms with Crippen molar-refractivity contribution in [1.82, 2.24) is 9.80 Å². The molecule has 2 saturated heterocycles. The first kappa shape index (κ1) is 25.2. The summed E-state index contributed by atoms with van der Waals surface area (Å²) in [6, 6.07) is 7.41. The molecule has 4 heterocycles. The van der Waals surface area contributed by atoms with E-state index in [0.717, 1.165) is 63.0 Å². The second kappa shape index (κ2) is 9.98. The molecule has 2 aromatic rings. The zero-order chi connectivity index (χ0) is 27.4. The van der Waals surface area contributed by atoms with E-state index in [2.05, 4.69) is 0 Å². The lowest BCUT2D eigenvalue weighted by atomic mass is 9.51. The molecular formula is C30H34N2O8. The highest BCUT2D eigenvalue weighted by atomic mass is 16.7. The summed E-state index contributed by atoms with van der Waals surface area (Å²) in [6.07, 6.45) is 3.91. The molecule has 5 aliphatic rings. The molecule has 2 aromatic carbocycles. The normalized spacial score (nSPS) is 26.1. The predicted molar refractivity (Wildman–Crippen MR) is 142 cm³/mol. The van der Waals surface area contributed by atoms with Crippen LogP contribution in [0.5, 0.6) is 34.5 Å². The summed E-state index contributed by atoms with van der Waals surface area (Å²) in [5.41, 5.74) is 1.58. The quantitative estimate of drug-likeness (QED) is 0.539. The van der Waals surface area contributed by atoms with E-state index in [9.17, 15) is 9.59 Å². The van der Waals surface area contributed by atoms with Gasteiger partial charge in [0.05, 0.1) is 26.1 Å². The van der Waals surface area contributed by atoms with Crippen molar-refractivity contribution in [2.24, 2.45) is 11.8 Å². The summed E-state index contributed by atoms with van der Waals surface area (Å²) < 4.78 is 34.3. The van der Waals surface area contributed by atoms with Crippen LogP contribution in [0.3, 0.4) is 0 Å². The minimum Gasteiger partial charge on any atom is -0.496 e. The average Bonchev–Trinajstić information content (AvgIpc) is 3.78. The van der Waals surface area contributed by atoms with E-state index in [1.54, 1.807) is 26.4 Å². The molecule has 7 rings (SSSR count). The van der Waals surface area contributed by atoms with Crippen LogP contribution in [0.25, 0.3) is 0 Å². The maximum absolute atomic E-state index is 14.4. The fourth-order valence-corrected chi connectivity index (χ4v) is 7.19. The van der Waals surface area contributed by atoms with E-state index in [0.29, 0.717) is 34.5 Å². The smallest absolute Gasteiger partial charge is 0.231 e. The molecule has 1 aliphatic carbocycles. The van der Waals surface area contributed by atoms with Gasteiger partial charge in [0.1, 0.15) is 11.5 Å². The maximum atomic E-state index is 14.4. The van der Waals surface area contributed by atoms with Crippen molar-refractivity contribution >= 4 is 11.8 Å². The number of nitrogens with zero attached hydrogens (tertiary/aromatic N) is 2. The van der Waals surface area contributed by atoms with Gasteiger partial charge in [-0.1, -0.05) is 0 Å². The first-order valence-electron chi connectivity index (χ1n) is 14.1. The van der Waals surface area contributed by atoms with Crippen molar-refractivity contribution in [3.8, 4) is 34.5 Å². The zero-order valence-corrected chi connectivity index (χ0v) is 22.9. The van der Waals surface area contributed by atoms with Gasteiger partial charge in [-0.15, -0.1) is 0 Å². The van der Waals surface area contributed by atoms with E-state index < -0.39 is 23.7 Å². The molecule has 0 radical (unpaired) electrons. The second-order valence-corrected chi connectivity index (χ2v) is 11.1. The molecule has 0 aromatic heterocycles. The van der Waals surface area contributed by atoms with Crippen molar-refractivity contribution in [3.63, 3.8) is 0 Å². The summed E-state index contributed by atoms with van der Waals surface area (Å²) in [5, 5.41) is 0. The molecule has 212 valence electrons. The Bertz CT molecular complexity index is 1220. The third-order valence-electron chi connectivity index (χ3n) is 9.12. The Kier molecular flexibility index (Phi) is 6.28. The minimum atomic E-state index is -0.502. The molecule has 10 nitrogen and oxygen atoms in total. The Hall–Kier alpha value is -3.82. The van der Waals surface area contributed by atoms with E-state index >= 15 is 0 Å². The molecule has 10 heteroatoms. The number of methoxy groups -OCH3 is 2. The molecule has 4 aliphatic heterocycles. The molecule has 0 N–H and O–H groups in total. The molecular weight excluding hydrogens is 516 g/mol. The Balaban J connectivity index is 1.39. The number of rotatable bonds is 6. The van der Waals surface area contributed by atoms with Crippen LogP contribution in [0.4, 0.5) is 0 Å². The van der Waals surface area contributed by atoms with Gasteiger partial charge >= 0.3 is 0 Å². The van der Waals surface area contributed by atoms with Crippen LogP contribution >= 0.6 is 0 Å². The third-order valence-corrected chi connectivity index (χ3v) is 9.12. The minimum absolute atomic E-state index is 0.0532. The van der Waals surface area contributed by atoms with E-state index in [4.69, 9.17) is 28.4 Å². The maximum Gasteiger partial charge on any atom is 0.231 e. The Morgan fingerprint density at radius 2 is 0.975 bits per heavy atom. The van der Waals surface area contributed by atoms with Gasteiger partial charge in [-0.25, -0.2) is 0 Å². The molecule has 1 saturated carbocycles. The first-order valence-corrected chi connectivity index (χ1v) is 14.1. The molecule has 0 bridgehead atoms. The monoisotopic (exact) mass is 550 g/mol. The molecule has 0 atom stereocenters. The number of carbonyl (C=O) groups is 2. The molecule has 2 amide bonds. The lowest BCUT2D eigenvalue weighted by molar-refractivity contribution is -0.151. The van der Waals surface area contributed by atoms with Crippen LogP contribution in [0.2, 0.25) is 0 Å². The van der Waals surface area contributed by atoms with Crippen molar-refractivity contribution in [2.45, 2.75) is 37.5 Å². The average molecular weight is 551 g/mol. The summed E-state index contributed by atoms with van der Waals surface area (Å²) in [7, 11) is 3.21. The van der Waals surface area contributed by atoms with E-state index in [1.165, 1.54) is 0 Å². The molecule has 3 fully saturated rings. The highest BCUT2D eigenvalue weighted by Crippen LogP contribution is 2.63. The SMILES string of the molecule is COc1cc2c(cc1C1C(C(=O)N3CCCC3)C(c3cc4c(cc3OC)OCO4)C1C(=O)N1CCCC1)OCO2. The number of hydrogen-bond donors (Lipinski definition) is 0. The highest BCUT2D eigenvalue weighted by Gasteiger charge is 2.61. The second-order valence-electron chi connectivity index (χ2n) is 11.1. The van der Waals surface area contributed by atoms with Gasteiger partial charge in [-0.05, 0) is 37.8 Å². The first-order chi connectivity index (χ1) is 19.6. The van der Waals surface area contributed by atoms with Crippen LogP contribution in [0, 0.1) is 11.8 Å². The van der Waals surface area contributed by atoms with Crippen molar-refractivity contribution in [3.05, 3.63) is 35.4 Å². The Labute approximate surface area is 233 Å². The number of ether oxygens (including phenoxy) is 6. The van der Waals surface area contributed by atoms with Crippen LogP contribution in [-0.4, -0.2) is 75.6 Å². The molecule has 0 unspecified atom stereocenters. The lowest BCUT2D eigenvalue weighted by Gasteiger charge is -2.52. The number of benzene rings is 2. The van der Waals surface area contributed by atoms with E-state index in [-0.39, 0.29) is 25.4 Å². The van der Waals surface area contributed by atoms with Gasteiger partial charge in [0, 0.05) is 61.3 Å². The predicted octanol–water partition coefficient (Wildman–Crippen LogP) is 3.52. The van der Waals surface area contributed by atoms with Gasteiger partial charge in [0.2, 0.25) is 25.4 Å². The van der Waals surface area contributed by atoms with Crippen molar-refractivity contribution in [2.75, 3.05) is 54.0 Å². The standard InChI is InChI=1S/C30H34N2O8/c1-35-19-13-23-21(37-15-39-23)11-17(19)25-27(29(33)31-7-3-4-8-31)26(28(25)30(34)32-9-5-6-10-32)18-12-22-24(40-16-38-22)14-20(18)36-2/h11-14,25-28H,3-10,15-16H2,1-2H3.